The smallest absolute Gasteiger partial charge is 0.430 e. The topological polar surface area (TPSA) is 123 Å². The van der Waals surface area contributed by atoms with Gasteiger partial charge in [-0.1, -0.05) is 0 Å². The molecule has 2 N–H and O–H groups in total. The number of hydroxylamine groups is 2. The highest BCUT2D eigenvalue weighted by molar-refractivity contribution is 7.90. The van der Waals surface area contributed by atoms with E-state index >= 15 is 0 Å². The monoisotopic (exact) mass is 481 g/mol. The molecule has 1 aromatic carbocycles. The number of piperidine rings is 1. The molecule has 180 valence electrons. The lowest BCUT2D eigenvalue weighted by molar-refractivity contribution is -0.146. The van der Waals surface area contributed by atoms with Gasteiger partial charge in [0.2, 0.25) is 0 Å². The van der Waals surface area contributed by atoms with E-state index in [1.807, 2.05) is 0 Å². The quantitative estimate of drug-likeness (QED) is 0.543. The summed E-state index contributed by atoms with van der Waals surface area (Å²) in [6.07, 6.45) is 3.12. The molecule has 1 aliphatic heterocycles. The minimum Gasteiger partial charge on any atom is -0.430 e. The van der Waals surface area contributed by atoms with Gasteiger partial charge >= 0.3 is 6.16 Å². The number of hydrogen-bond acceptors (Lipinski definition) is 10. The molecule has 1 saturated heterocycles. The molecular formula is C21H28FN5O5S. The maximum Gasteiger partial charge on any atom is 0.528 e. The summed E-state index contributed by atoms with van der Waals surface area (Å²) in [7, 11) is -3.49. The van der Waals surface area contributed by atoms with Crippen LogP contribution in [0.15, 0.2) is 35.5 Å². The number of carbonyl (C=O) groups excluding carboxylic acids is 1. The number of hydrogen-bond donors (Lipinski definition) is 2. The first-order valence-electron chi connectivity index (χ1n) is 10.6. The highest BCUT2D eigenvalue weighted by atomic mass is 32.2. The molecule has 2 aromatic rings. The standard InChI is InChI=1S/C21H28FN5O5S/c1-14(2)31-21(28)32-27-8-6-15(7-9-27)12-23-19-11-20(25-13-24-19)26-18-5-4-16(10-17(18)22)33(3,29)30/h4-5,10-11,13-15H,6-9,12H2,1-3H3,(H2,23,24,25,26). The first-order valence-corrected chi connectivity index (χ1v) is 12.5. The molecule has 0 unspecified atom stereocenters. The molecule has 12 heteroatoms. The van der Waals surface area contributed by atoms with Crippen LogP contribution in [0.1, 0.15) is 26.7 Å². The van der Waals surface area contributed by atoms with Gasteiger partial charge < -0.3 is 20.2 Å². The average molecular weight is 482 g/mol. The third kappa shape index (κ3) is 7.53. The number of benzene rings is 1. The predicted octanol–water partition coefficient (Wildman–Crippen LogP) is 3.36. The molecule has 1 aromatic heterocycles. The first kappa shape index (κ1) is 24.6. The molecule has 0 radical (unpaired) electrons. The maximum atomic E-state index is 14.3. The average Bonchev–Trinajstić information content (AvgIpc) is 2.74. The lowest BCUT2D eigenvalue weighted by atomic mass is 9.98. The third-order valence-electron chi connectivity index (χ3n) is 4.98. The van der Waals surface area contributed by atoms with Crippen molar-refractivity contribution in [3.8, 4) is 0 Å². The Hall–Kier alpha value is -2.99. The normalized spacial score (nSPS) is 15.3. The Balaban J connectivity index is 1.50. The lowest BCUT2D eigenvalue weighted by Gasteiger charge is -2.30. The van der Waals surface area contributed by atoms with Gasteiger partial charge in [-0.3, -0.25) is 0 Å². The van der Waals surface area contributed by atoms with Crippen LogP contribution in [0.25, 0.3) is 0 Å². The molecular weight excluding hydrogens is 453 g/mol. The van der Waals surface area contributed by atoms with E-state index in [1.165, 1.54) is 18.5 Å². The molecule has 3 rings (SSSR count). The molecule has 0 saturated carbocycles. The summed E-state index contributed by atoms with van der Waals surface area (Å²) in [5.74, 6) is 0.598. The van der Waals surface area contributed by atoms with E-state index in [1.54, 1.807) is 25.0 Å². The minimum absolute atomic E-state index is 0.0937. The van der Waals surface area contributed by atoms with Crippen LogP contribution in [-0.2, 0) is 19.4 Å². The second-order valence-electron chi connectivity index (χ2n) is 8.09. The van der Waals surface area contributed by atoms with Crippen molar-refractivity contribution in [1.29, 1.82) is 0 Å². The SMILES string of the molecule is CC(C)OC(=O)ON1CCC(CNc2cc(Nc3ccc(S(C)(=O)=O)cc3F)ncn2)CC1. The molecule has 2 heterocycles. The Morgan fingerprint density at radius 3 is 2.55 bits per heavy atom. The van der Waals surface area contributed by atoms with E-state index in [0.29, 0.717) is 37.2 Å². The molecule has 1 aliphatic rings. The number of carbonyl (C=O) groups is 1. The summed E-state index contributed by atoms with van der Waals surface area (Å²) < 4.78 is 42.4. The van der Waals surface area contributed by atoms with E-state index in [0.717, 1.165) is 25.2 Å². The van der Waals surface area contributed by atoms with Crippen molar-refractivity contribution in [1.82, 2.24) is 15.0 Å². The van der Waals surface area contributed by atoms with Crippen molar-refractivity contribution in [3.63, 3.8) is 0 Å². The summed E-state index contributed by atoms with van der Waals surface area (Å²) in [6.45, 7) is 5.41. The van der Waals surface area contributed by atoms with Gasteiger partial charge in [0, 0.05) is 32.0 Å². The van der Waals surface area contributed by atoms with Crippen LogP contribution in [0.4, 0.5) is 26.5 Å². The fourth-order valence-corrected chi connectivity index (χ4v) is 3.89. The van der Waals surface area contributed by atoms with E-state index in [2.05, 4.69) is 20.6 Å². The molecule has 0 atom stereocenters. The van der Waals surface area contributed by atoms with Crippen molar-refractivity contribution >= 4 is 33.3 Å². The van der Waals surface area contributed by atoms with E-state index < -0.39 is 21.8 Å². The van der Waals surface area contributed by atoms with Gasteiger partial charge in [-0.2, -0.15) is 0 Å². The molecule has 0 spiro atoms. The van der Waals surface area contributed by atoms with Crippen molar-refractivity contribution in [2.45, 2.75) is 37.7 Å². The number of halogens is 1. The zero-order valence-electron chi connectivity index (χ0n) is 18.7. The van der Waals surface area contributed by atoms with E-state index in [4.69, 9.17) is 9.57 Å². The largest absolute Gasteiger partial charge is 0.528 e. The first-order chi connectivity index (χ1) is 15.6. The highest BCUT2D eigenvalue weighted by Gasteiger charge is 2.23. The van der Waals surface area contributed by atoms with Crippen LogP contribution in [-0.4, -0.2) is 61.6 Å². The fourth-order valence-electron chi connectivity index (χ4n) is 3.26. The fraction of sp³-hybridized carbons (Fsp3) is 0.476. The molecule has 0 amide bonds. The molecule has 33 heavy (non-hydrogen) atoms. The van der Waals surface area contributed by atoms with Crippen LogP contribution >= 0.6 is 0 Å². The number of nitrogens with zero attached hydrogens (tertiary/aromatic N) is 3. The van der Waals surface area contributed by atoms with Crippen LogP contribution in [0.3, 0.4) is 0 Å². The summed E-state index contributed by atoms with van der Waals surface area (Å²) in [4.78, 5) is 24.9. The van der Waals surface area contributed by atoms with Crippen molar-refractivity contribution < 1.29 is 27.2 Å². The Morgan fingerprint density at radius 1 is 1.21 bits per heavy atom. The van der Waals surface area contributed by atoms with Gasteiger partial charge in [0.1, 0.15) is 23.8 Å². The summed E-state index contributed by atoms with van der Waals surface area (Å²) in [5.41, 5.74) is 0.107. The Kier molecular flexibility index (Phi) is 8.03. The van der Waals surface area contributed by atoms with Crippen LogP contribution in [0, 0.1) is 11.7 Å². The lowest BCUT2D eigenvalue weighted by Crippen LogP contribution is -2.37. The summed E-state index contributed by atoms with van der Waals surface area (Å²) in [5, 5.41) is 7.70. The molecule has 10 nitrogen and oxygen atoms in total. The second-order valence-corrected chi connectivity index (χ2v) is 10.1. The van der Waals surface area contributed by atoms with Gasteiger partial charge in [-0.05, 0) is 50.8 Å². The Bertz CT molecular complexity index is 1070. The van der Waals surface area contributed by atoms with Gasteiger partial charge in [0.05, 0.1) is 16.7 Å². The molecule has 0 bridgehead atoms. The Labute approximate surface area is 192 Å². The third-order valence-corrected chi connectivity index (χ3v) is 6.09. The van der Waals surface area contributed by atoms with Crippen LogP contribution < -0.4 is 10.6 Å². The van der Waals surface area contributed by atoms with Crippen molar-refractivity contribution in [3.05, 3.63) is 36.4 Å². The predicted molar refractivity (Wildman–Crippen MR) is 120 cm³/mol. The van der Waals surface area contributed by atoms with E-state index in [9.17, 15) is 17.6 Å². The maximum absolute atomic E-state index is 14.3. The zero-order chi connectivity index (χ0) is 24.0. The number of sulfone groups is 1. The number of nitrogens with one attached hydrogen (secondary N) is 2. The Morgan fingerprint density at radius 2 is 1.91 bits per heavy atom. The zero-order valence-corrected chi connectivity index (χ0v) is 19.6. The van der Waals surface area contributed by atoms with E-state index in [-0.39, 0.29) is 16.7 Å². The van der Waals surface area contributed by atoms with Crippen LogP contribution in [0.2, 0.25) is 0 Å². The number of aromatic nitrogens is 2. The molecule has 1 fully saturated rings. The summed E-state index contributed by atoms with van der Waals surface area (Å²) in [6, 6.07) is 5.30. The summed E-state index contributed by atoms with van der Waals surface area (Å²) >= 11 is 0. The van der Waals surface area contributed by atoms with Gasteiger partial charge in [-0.25, -0.2) is 27.6 Å². The van der Waals surface area contributed by atoms with Crippen molar-refractivity contribution in [2.24, 2.45) is 5.92 Å². The highest BCUT2D eigenvalue weighted by Crippen LogP contribution is 2.23. The minimum atomic E-state index is -3.49. The number of anilines is 3. The van der Waals surface area contributed by atoms with Gasteiger partial charge in [-0.15, -0.1) is 5.06 Å². The number of rotatable bonds is 8. The van der Waals surface area contributed by atoms with Crippen LogP contribution in [0.5, 0.6) is 0 Å². The van der Waals surface area contributed by atoms with Crippen molar-refractivity contribution in [2.75, 3.05) is 36.5 Å². The second kappa shape index (κ2) is 10.8. The molecule has 0 aliphatic carbocycles. The number of ether oxygens (including phenoxy) is 1. The van der Waals surface area contributed by atoms with Gasteiger partial charge in [0.25, 0.3) is 0 Å². The van der Waals surface area contributed by atoms with Gasteiger partial charge in [0.15, 0.2) is 9.84 Å².